The van der Waals surface area contributed by atoms with Crippen LogP contribution in [0.4, 0.5) is 5.69 Å². The minimum atomic E-state index is -0.128. The summed E-state index contributed by atoms with van der Waals surface area (Å²) in [4.78, 5) is 13.6. The molecule has 1 aliphatic rings. The molecule has 2 heteroatoms. The number of carbonyl (C=O) groups is 1. The first-order valence-corrected chi connectivity index (χ1v) is 6.13. The average Bonchev–Trinajstić information content (AvgIpc) is 2.64. The lowest BCUT2D eigenvalue weighted by Gasteiger charge is -2.18. The van der Waals surface area contributed by atoms with Crippen molar-refractivity contribution in [3.63, 3.8) is 0 Å². The largest absolute Gasteiger partial charge is 0.284 e. The molecule has 2 aromatic rings. The Labute approximate surface area is 112 Å². The number of amides is 1. The van der Waals surface area contributed by atoms with Crippen LogP contribution in [0.5, 0.6) is 0 Å². The van der Waals surface area contributed by atoms with Gasteiger partial charge in [-0.25, -0.2) is 0 Å². The molecule has 0 aromatic heterocycles. The Morgan fingerprint density at radius 3 is 2.47 bits per heavy atom. The second kappa shape index (κ2) is 4.58. The Kier molecular flexibility index (Phi) is 2.76. The van der Waals surface area contributed by atoms with Crippen LogP contribution in [0.1, 0.15) is 5.56 Å². The highest BCUT2D eigenvalue weighted by Gasteiger charge is 2.18. The van der Waals surface area contributed by atoms with Crippen LogP contribution in [-0.4, -0.2) is 5.91 Å². The molecule has 1 heterocycles. The number of fused-ring (bicyclic) bond motifs is 3. The van der Waals surface area contributed by atoms with E-state index in [2.05, 4.69) is 12.6 Å². The molecule has 0 unspecified atom stereocenters. The molecular formula is C17H13NO. The third-order valence-electron chi connectivity index (χ3n) is 3.23. The molecule has 1 aliphatic heterocycles. The van der Waals surface area contributed by atoms with Crippen LogP contribution in [0.2, 0.25) is 0 Å². The summed E-state index contributed by atoms with van der Waals surface area (Å²) in [7, 11) is 0. The molecule has 1 amide bonds. The van der Waals surface area contributed by atoms with Gasteiger partial charge in [0, 0.05) is 11.8 Å². The van der Waals surface area contributed by atoms with E-state index in [4.69, 9.17) is 0 Å². The van der Waals surface area contributed by atoms with Gasteiger partial charge in [0.05, 0.1) is 5.69 Å². The first-order chi connectivity index (χ1) is 9.31. The number of rotatable bonds is 1. The van der Waals surface area contributed by atoms with Crippen molar-refractivity contribution in [3.05, 3.63) is 72.9 Å². The van der Waals surface area contributed by atoms with Crippen LogP contribution in [0, 0.1) is 0 Å². The van der Waals surface area contributed by atoms with E-state index in [0.717, 1.165) is 22.4 Å². The highest BCUT2D eigenvalue weighted by atomic mass is 16.2. The zero-order valence-electron chi connectivity index (χ0n) is 10.4. The van der Waals surface area contributed by atoms with Crippen molar-refractivity contribution in [1.82, 2.24) is 0 Å². The molecule has 19 heavy (non-hydrogen) atoms. The third kappa shape index (κ3) is 1.87. The molecule has 0 radical (unpaired) electrons. The standard InChI is InChI=1S/C17H13NO/c1-2-17(19)18-12-11-13-7-3-4-8-14(13)15-9-5-6-10-16(15)18/h2-12H,1H2. The summed E-state index contributed by atoms with van der Waals surface area (Å²) in [6.45, 7) is 3.56. The maximum atomic E-state index is 12.0. The highest BCUT2D eigenvalue weighted by Crippen LogP contribution is 2.36. The molecule has 0 aliphatic carbocycles. The van der Waals surface area contributed by atoms with Crippen molar-refractivity contribution in [2.75, 3.05) is 4.90 Å². The van der Waals surface area contributed by atoms with E-state index in [1.54, 1.807) is 11.1 Å². The molecule has 0 spiro atoms. The molecule has 0 saturated heterocycles. The zero-order valence-corrected chi connectivity index (χ0v) is 10.4. The fraction of sp³-hybridized carbons (Fsp3) is 0. The normalized spacial score (nSPS) is 12.3. The van der Waals surface area contributed by atoms with Gasteiger partial charge in [-0.15, -0.1) is 0 Å². The van der Waals surface area contributed by atoms with E-state index < -0.39 is 0 Å². The lowest BCUT2D eigenvalue weighted by Crippen LogP contribution is -2.22. The quantitative estimate of drug-likeness (QED) is 0.701. The van der Waals surface area contributed by atoms with Crippen molar-refractivity contribution in [3.8, 4) is 11.1 Å². The van der Waals surface area contributed by atoms with Crippen LogP contribution in [0.15, 0.2) is 67.4 Å². The van der Waals surface area contributed by atoms with Crippen molar-refractivity contribution in [1.29, 1.82) is 0 Å². The maximum Gasteiger partial charge on any atom is 0.254 e. The molecule has 0 N–H and O–H groups in total. The summed E-state index contributed by atoms with van der Waals surface area (Å²) >= 11 is 0. The number of benzene rings is 2. The Balaban J connectivity index is 2.28. The predicted octanol–water partition coefficient (Wildman–Crippen LogP) is 3.86. The van der Waals surface area contributed by atoms with E-state index >= 15 is 0 Å². The number of carbonyl (C=O) groups excluding carboxylic acids is 1. The average molecular weight is 247 g/mol. The topological polar surface area (TPSA) is 20.3 Å². The number of hydrogen-bond donors (Lipinski definition) is 0. The minimum absolute atomic E-state index is 0.128. The first-order valence-electron chi connectivity index (χ1n) is 6.13. The van der Waals surface area contributed by atoms with Gasteiger partial charge in [-0.05, 0) is 29.3 Å². The summed E-state index contributed by atoms with van der Waals surface area (Å²) in [6, 6.07) is 16.0. The summed E-state index contributed by atoms with van der Waals surface area (Å²) < 4.78 is 0. The fourth-order valence-corrected chi connectivity index (χ4v) is 2.32. The van der Waals surface area contributed by atoms with Crippen LogP contribution >= 0.6 is 0 Å². The molecule has 0 atom stereocenters. The Morgan fingerprint density at radius 1 is 1.00 bits per heavy atom. The van der Waals surface area contributed by atoms with Gasteiger partial charge >= 0.3 is 0 Å². The number of para-hydroxylation sites is 1. The number of anilines is 1. The van der Waals surface area contributed by atoms with E-state index in [-0.39, 0.29) is 5.91 Å². The lowest BCUT2D eigenvalue weighted by molar-refractivity contribution is -0.113. The molecule has 0 fully saturated rings. The van der Waals surface area contributed by atoms with Gasteiger partial charge in [0.25, 0.3) is 5.91 Å². The van der Waals surface area contributed by atoms with Crippen LogP contribution in [0.3, 0.4) is 0 Å². The van der Waals surface area contributed by atoms with Crippen molar-refractivity contribution < 1.29 is 4.79 Å². The SMILES string of the molecule is C=CC(=O)N1C=Cc2ccccc2-c2ccccc21. The molecule has 2 nitrogen and oxygen atoms in total. The smallest absolute Gasteiger partial charge is 0.254 e. The van der Waals surface area contributed by atoms with Crippen molar-refractivity contribution >= 4 is 17.7 Å². The maximum absolute atomic E-state index is 12.0. The molecular weight excluding hydrogens is 234 g/mol. The summed E-state index contributed by atoms with van der Waals surface area (Å²) in [6.07, 6.45) is 5.09. The van der Waals surface area contributed by atoms with Gasteiger partial charge in [-0.1, -0.05) is 49.0 Å². The van der Waals surface area contributed by atoms with E-state index in [1.165, 1.54) is 6.08 Å². The molecule has 3 rings (SSSR count). The molecule has 2 aromatic carbocycles. The number of nitrogens with zero attached hydrogens (tertiary/aromatic N) is 1. The number of hydrogen-bond acceptors (Lipinski definition) is 1. The highest BCUT2D eigenvalue weighted by molar-refractivity contribution is 6.07. The second-order valence-corrected chi connectivity index (χ2v) is 4.33. The van der Waals surface area contributed by atoms with Gasteiger partial charge in [-0.2, -0.15) is 0 Å². The van der Waals surface area contributed by atoms with Gasteiger partial charge in [0.1, 0.15) is 0 Å². The van der Waals surface area contributed by atoms with Gasteiger partial charge in [0.2, 0.25) is 0 Å². The Bertz CT molecular complexity index is 685. The van der Waals surface area contributed by atoms with E-state index in [0.29, 0.717) is 0 Å². The van der Waals surface area contributed by atoms with Crippen LogP contribution < -0.4 is 4.90 Å². The lowest BCUT2D eigenvalue weighted by atomic mass is 9.99. The monoisotopic (exact) mass is 247 g/mol. The Hall–Kier alpha value is -2.61. The minimum Gasteiger partial charge on any atom is -0.284 e. The molecule has 92 valence electrons. The van der Waals surface area contributed by atoms with Crippen LogP contribution in [-0.2, 0) is 4.79 Å². The predicted molar refractivity (Wildman–Crippen MR) is 78.6 cm³/mol. The summed E-state index contributed by atoms with van der Waals surface area (Å²) in [5, 5.41) is 0. The third-order valence-corrected chi connectivity index (χ3v) is 3.23. The van der Waals surface area contributed by atoms with Crippen molar-refractivity contribution in [2.24, 2.45) is 0 Å². The van der Waals surface area contributed by atoms with E-state index in [1.807, 2.05) is 48.5 Å². The van der Waals surface area contributed by atoms with Crippen molar-refractivity contribution in [2.45, 2.75) is 0 Å². The summed E-state index contributed by atoms with van der Waals surface area (Å²) in [5.74, 6) is -0.128. The zero-order chi connectivity index (χ0) is 13.2. The van der Waals surface area contributed by atoms with E-state index in [9.17, 15) is 4.79 Å². The van der Waals surface area contributed by atoms with Gasteiger partial charge < -0.3 is 0 Å². The molecule has 0 bridgehead atoms. The van der Waals surface area contributed by atoms with Gasteiger partial charge in [-0.3, -0.25) is 9.69 Å². The molecule has 0 saturated carbocycles. The van der Waals surface area contributed by atoms with Crippen LogP contribution in [0.25, 0.3) is 17.2 Å². The first kappa shape index (κ1) is 11.5. The summed E-state index contributed by atoms with van der Waals surface area (Å²) in [5.41, 5.74) is 4.18. The fourth-order valence-electron chi connectivity index (χ4n) is 2.32. The van der Waals surface area contributed by atoms with Gasteiger partial charge in [0.15, 0.2) is 0 Å². The second-order valence-electron chi connectivity index (χ2n) is 4.33. The Morgan fingerprint density at radius 2 is 1.68 bits per heavy atom.